The van der Waals surface area contributed by atoms with E-state index in [9.17, 15) is 0 Å². The molecule has 0 fully saturated rings. The number of hydrogen-bond donors (Lipinski definition) is 1. The Morgan fingerprint density at radius 3 is 2.63 bits per heavy atom. The first-order valence-corrected chi connectivity index (χ1v) is 6.25. The van der Waals surface area contributed by atoms with Crippen LogP contribution >= 0.6 is 0 Å². The number of nitriles is 1. The number of aromatic nitrogens is 2. The maximum atomic E-state index is 8.97. The fourth-order valence-corrected chi connectivity index (χ4v) is 1.86. The molecule has 0 aliphatic heterocycles. The molecule has 1 aromatic heterocycles. The van der Waals surface area contributed by atoms with Gasteiger partial charge in [0.15, 0.2) is 0 Å². The van der Waals surface area contributed by atoms with Crippen molar-refractivity contribution in [3.8, 4) is 11.8 Å². The lowest BCUT2D eigenvalue weighted by Gasteiger charge is -2.14. The van der Waals surface area contributed by atoms with Crippen LogP contribution in [0.25, 0.3) is 5.69 Å². The van der Waals surface area contributed by atoms with E-state index < -0.39 is 0 Å². The van der Waals surface area contributed by atoms with Gasteiger partial charge in [-0.3, -0.25) is 0 Å². The van der Waals surface area contributed by atoms with Gasteiger partial charge in [0.05, 0.1) is 28.7 Å². The number of hydrogen-bond acceptors (Lipinski definition) is 3. The fraction of sp³-hybridized carbons (Fsp3) is 0.333. The Bertz CT molecular complexity index is 626. The molecular weight excluding hydrogens is 236 g/mol. The molecular formula is C15H18N4. The largest absolute Gasteiger partial charge is 0.325 e. The van der Waals surface area contributed by atoms with Gasteiger partial charge >= 0.3 is 0 Å². The molecule has 0 amide bonds. The highest BCUT2D eigenvalue weighted by Crippen LogP contribution is 2.23. The molecule has 2 aromatic rings. The molecule has 0 atom stereocenters. The molecule has 0 unspecified atom stereocenters. The molecule has 0 radical (unpaired) electrons. The number of benzene rings is 1. The lowest BCUT2D eigenvalue weighted by Crippen LogP contribution is -2.12. The molecule has 0 aliphatic rings. The topological polar surface area (TPSA) is 67.6 Å². The monoisotopic (exact) mass is 254 g/mol. The molecule has 2 rings (SSSR count). The Morgan fingerprint density at radius 2 is 2.05 bits per heavy atom. The zero-order valence-corrected chi connectivity index (χ0v) is 11.5. The van der Waals surface area contributed by atoms with Crippen LogP contribution in [0.3, 0.4) is 0 Å². The highest BCUT2D eigenvalue weighted by Gasteiger charge is 2.19. The van der Waals surface area contributed by atoms with Gasteiger partial charge in [0.25, 0.3) is 0 Å². The zero-order chi connectivity index (χ0) is 14.0. The van der Waals surface area contributed by atoms with Crippen LogP contribution in [0, 0.1) is 11.3 Å². The molecule has 4 heteroatoms. The summed E-state index contributed by atoms with van der Waals surface area (Å²) in [5.41, 5.74) is 9.19. The summed E-state index contributed by atoms with van der Waals surface area (Å²) in [7, 11) is 0. The summed E-state index contributed by atoms with van der Waals surface area (Å²) in [4.78, 5) is 0. The Balaban J connectivity index is 2.55. The highest BCUT2D eigenvalue weighted by atomic mass is 15.3. The van der Waals surface area contributed by atoms with Gasteiger partial charge in [-0.25, -0.2) is 4.68 Å². The van der Waals surface area contributed by atoms with E-state index in [0.29, 0.717) is 12.1 Å². The van der Waals surface area contributed by atoms with Gasteiger partial charge in [-0.15, -0.1) is 0 Å². The summed E-state index contributed by atoms with van der Waals surface area (Å²) >= 11 is 0. The van der Waals surface area contributed by atoms with Gasteiger partial charge in [-0.2, -0.15) is 10.4 Å². The second-order valence-corrected chi connectivity index (χ2v) is 5.55. The molecule has 0 saturated carbocycles. The van der Waals surface area contributed by atoms with Gasteiger partial charge < -0.3 is 5.73 Å². The van der Waals surface area contributed by atoms with Gasteiger partial charge in [0.1, 0.15) is 0 Å². The maximum Gasteiger partial charge on any atom is 0.0992 e. The molecule has 1 aromatic carbocycles. The first-order chi connectivity index (χ1) is 8.95. The van der Waals surface area contributed by atoms with Crippen molar-refractivity contribution < 1.29 is 0 Å². The molecule has 1 heterocycles. The molecule has 0 aliphatic carbocycles. The minimum absolute atomic E-state index is 0.0258. The quantitative estimate of drug-likeness (QED) is 0.895. The van der Waals surface area contributed by atoms with Crippen molar-refractivity contribution >= 4 is 0 Å². The van der Waals surface area contributed by atoms with Crippen LogP contribution in [0.4, 0.5) is 0 Å². The van der Waals surface area contributed by atoms with Crippen LogP contribution in [-0.2, 0) is 12.0 Å². The first-order valence-electron chi connectivity index (χ1n) is 6.25. The normalized spacial score (nSPS) is 11.3. The Morgan fingerprint density at radius 1 is 1.32 bits per heavy atom. The van der Waals surface area contributed by atoms with E-state index in [2.05, 4.69) is 31.9 Å². The molecule has 98 valence electrons. The van der Waals surface area contributed by atoms with Crippen molar-refractivity contribution in [2.24, 2.45) is 5.73 Å². The van der Waals surface area contributed by atoms with Crippen LogP contribution in [0.2, 0.25) is 0 Å². The van der Waals surface area contributed by atoms with Crippen LogP contribution in [0.5, 0.6) is 0 Å². The van der Waals surface area contributed by atoms with E-state index in [1.807, 2.05) is 28.9 Å². The van der Waals surface area contributed by atoms with Crippen LogP contribution in [0.1, 0.15) is 37.7 Å². The highest BCUT2D eigenvalue weighted by molar-refractivity contribution is 5.42. The Labute approximate surface area is 113 Å². The summed E-state index contributed by atoms with van der Waals surface area (Å²) in [6, 6.07) is 11.5. The van der Waals surface area contributed by atoms with Gasteiger partial charge in [0.2, 0.25) is 0 Å². The van der Waals surface area contributed by atoms with E-state index in [-0.39, 0.29) is 5.41 Å². The third-order valence-corrected chi connectivity index (χ3v) is 2.98. The number of nitrogens with zero attached hydrogens (tertiary/aromatic N) is 3. The minimum Gasteiger partial charge on any atom is -0.325 e. The average Bonchev–Trinajstić information content (AvgIpc) is 2.83. The maximum absolute atomic E-state index is 8.97. The lowest BCUT2D eigenvalue weighted by atomic mass is 9.92. The predicted molar refractivity (Wildman–Crippen MR) is 74.9 cm³/mol. The van der Waals surface area contributed by atoms with E-state index in [4.69, 9.17) is 11.0 Å². The smallest absolute Gasteiger partial charge is 0.0992 e. The van der Waals surface area contributed by atoms with Crippen molar-refractivity contribution in [1.82, 2.24) is 9.78 Å². The standard InChI is InChI=1S/C15H18N4/c1-15(2,3)14-8-13(10-17)19(18-14)12-6-4-5-11(7-12)9-16/h4-8H,10,17H2,1-3H3. The molecule has 2 N–H and O–H groups in total. The van der Waals surface area contributed by atoms with Crippen molar-refractivity contribution in [1.29, 1.82) is 5.26 Å². The average molecular weight is 254 g/mol. The van der Waals surface area contributed by atoms with Crippen LogP contribution in [0.15, 0.2) is 30.3 Å². The summed E-state index contributed by atoms with van der Waals surface area (Å²) in [6.45, 7) is 6.77. The molecule has 0 bridgehead atoms. The summed E-state index contributed by atoms with van der Waals surface area (Å²) in [5, 5.41) is 13.6. The van der Waals surface area contributed by atoms with Crippen molar-refractivity contribution in [2.75, 3.05) is 0 Å². The van der Waals surface area contributed by atoms with Crippen LogP contribution < -0.4 is 5.73 Å². The summed E-state index contributed by atoms with van der Waals surface area (Å²) in [6.07, 6.45) is 0. The van der Waals surface area contributed by atoms with Crippen LogP contribution in [-0.4, -0.2) is 9.78 Å². The molecule has 4 nitrogen and oxygen atoms in total. The Hall–Kier alpha value is -2.12. The van der Waals surface area contributed by atoms with Crippen molar-refractivity contribution in [3.05, 3.63) is 47.3 Å². The van der Waals surface area contributed by atoms with Gasteiger partial charge in [0, 0.05) is 12.0 Å². The Kier molecular flexibility index (Phi) is 3.41. The van der Waals surface area contributed by atoms with Gasteiger partial charge in [-0.1, -0.05) is 26.8 Å². The summed E-state index contributed by atoms with van der Waals surface area (Å²) in [5.74, 6) is 0. The zero-order valence-electron chi connectivity index (χ0n) is 11.5. The summed E-state index contributed by atoms with van der Waals surface area (Å²) < 4.78 is 1.82. The number of nitrogens with two attached hydrogens (primary N) is 1. The van der Waals surface area contributed by atoms with E-state index in [0.717, 1.165) is 17.1 Å². The second kappa shape index (κ2) is 4.87. The molecule has 0 saturated heterocycles. The predicted octanol–water partition coefficient (Wildman–Crippen LogP) is 2.50. The van der Waals surface area contributed by atoms with Crippen molar-refractivity contribution in [2.45, 2.75) is 32.7 Å². The number of rotatable bonds is 2. The van der Waals surface area contributed by atoms with Crippen molar-refractivity contribution in [3.63, 3.8) is 0 Å². The minimum atomic E-state index is -0.0258. The third kappa shape index (κ3) is 2.67. The first kappa shape index (κ1) is 13.3. The second-order valence-electron chi connectivity index (χ2n) is 5.55. The fourth-order valence-electron chi connectivity index (χ4n) is 1.86. The van der Waals surface area contributed by atoms with E-state index in [1.54, 1.807) is 6.07 Å². The lowest BCUT2D eigenvalue weighted by molar-refractivity contribution is 0.560. The molecule has 19 heavy (non-hydrogen) atoms. The molecule has 0 spiro atoms. The third-order valence-electron chi connectivity index (χ3n) is 2.98. The van der Waals surface area contributed by atoms with E-state index >= 15 is 0 Å². The van der Waals surface area contributed by atoms with E-state index in [1.165, 1.54) is 0 Å². The van der Waals surface area contributed by atoms with Gasteiger partial charge in [-0.05, 0) is 24.3 Å². The SMILES string of the molecule is CC(C)(C)c1cc(CN)n(-c2cccc(C#N)c2)n1.